The molecule has 222 valence electrons. The van der Waals surface area contributed by atoms with E-state index in [0.29, 0.717) is 23.6 Å². The zero-order valence-corrected chi connectivity index (χ0v) is 24.8. The van der Waals surface area contributed by atoms with Crippen LogP contribution in [0.25, 0.3) is 21.9 Å². The van der Waals surface area contributed by atoms with Crippen molar-refractivity contribution in [2.24, 2.45) is 17.8 Å². The predicted octanol–water partition coefficient (Wildman–Crippen LogP) is 8.28. The normalized spacial score (nSPS) is 24.7. The Balaban J connectivity index is 1.44. The van der Waals surface area contributed by atoms with E-state index in [1.165, 1.54) is 44.1 Å². The molecule has 1 unspecified atom stereocenters. The zero-order valence-electron chi connectivity index (χ0n) is 24.8. The molecule has 0 aliphatic heterocycles. The number of hydrogen-bond donors (Lipinski definition) is 2. The van der Waals surface area contributed by atoms with Gasteiger partial charge in [-0.05, 0) is 132 Å². The number of aromatic hydroxyl groups is 1. The molecule has 6 nitrogen and oxygen atoms in total. The number of fused-ring (bicyclic) bond motifs is 1. The molecule has 1 amide bonds. The highest BCUT2D eigenvalue weighted by Gasteiger charge is 2.52. The number of amides is 1. The summed E-state index contributed by atoms with van der Waals surface area (Å²) in [6.07, 6.45) is 7.61. The Morgan fingerprint density at radius 1 is 0.907 bits per heavy atom. The van der Waals surface area contributed by atoms with Crippen molar-refractivity contribution in [3.63, 3.8) is 0 Å². The fourth-order valence-corrected chi connectivity index (χ4v) is 8.51. The van der Waals surface area contributed by atoms with E-state index < -0.39 is 6.48 Å². The van der Waals surface area contributed by atoms with Crippen molar-refractivity contribution in [1.29, 1.82) is 0 Å². The van der Waals surface area contributed by atoms with Crippen molar-refractivity contribution in [2.45, 2.75) is 57.3 Å². The van der Waals surface area contributed by atoms with E-state index in [4.69, 9.17) is 14.2 Å². The van der Waals surface area contributed by atoms with Gasteiger partial charge in [0.25, 0.3) is 5.91 Å². The van der Waals surface area contributed by atoms with Crippen molar-refractivity contribution in [3.8, 4) is 22.6 Å². The first-order chi connectivity index (χ1) is 20.9. The Bertz CT molecular complexity index is 1600. The highest BCUT2D eigenvalue weighted by Crippen LogP contribution is 2.61. The Morgan fingerprint density at radius 3 is 2.26 bits per heavy atom. The van der Waals surface area contributed by atoms with Crippen molar-refractivity contribution in [2.75, 3.05) is 19.0 Å². The van der Waals surface area contributed by atoms with Crippen LogP contribution >= 0.6 is 0 Å². The van der Waals surface area contributed by atoms with Crippen molar-refractivity contribution < 1.29 is 24.1 Å². The summed E-state index contributed by atoms with van der Waals surface area (Å²) in [5.41, 5.74) is 4.15. The van der Waals surface area contributed by atoms with E-state index in [9.17, 15) is 9.90 Å². The van der Waals surface area contributed by atoms with Crippen LogP contribution in [0, 0.1) is 17.8 Å². The summed E-state index contributed by atoms with van der Waals surface area (Å²) in [5.74, 6) is 2.59. The third kappa shape index (κ3) is 5.28. The number of carbonyl (C=O) groups is 1. The lowest BCUT2D eigenvalue weighted by atomic mass is 9.48. The largest absolute Gasteiger partial charge is 0.508 e. The molecule has 4 aromatic rings. The monoisotopic (exact) mass is 577 g/mol. The molecule has 0 spiro atoms. The number of hydrogen-bond acceptors (Lipinski definition) is 5. The summed E-state index contributed by atoms with van der Waals surface area (Å²) in [6, 6.07) is 25.4. The maximum atomic E-state index is 14.3. The molecule has 2 N–H and O–H groups in total. The second-order valence-electron chi connectivity index (χ2n) is 12.7. The maximum Gasteiger partial charge on any atom is 0.315 e. The van der Waals surface area contributed by atoms with Gasteiger partial charge in [-0.3, -0.25) is 4.79 Å². The first kappa shape index (κ1) is 27.9. The van der Waals surface area contributed by atoms with Crippen molar-refractivity contribution >= 4 is 22.4 Å². The summed E-state index contributed by atoms with van der Waals surface area (Å²) in [5, 5.41) is 15.0. The molecular formula is C37H39NO5. The number of rotatable bonds is 9. The molecule has 8 rings (SSSR count). The molecule has 0 heterocycles. The Kier molecular flexibility index (Phi) is 7.36. The van der Waals surface area contributed by atoms with Crippen LogP contribution in [0.4, 0.5) is 5.69 Å². The van der Waals surface area contributed by atoms with E-state index in [2.05, 4.69) is 47.8 Å². The minimum atomic E-state index is -0.961. The summed E-state index contributed by atoms with van der Waals surface area (Å²) in [7, 11) is 1.55. The average Bonchev–Trinajstić information content (AvgIpc) is 3.00. The lowest BCUT2D eigenvalue weighted by Gasteiger charge is -2.57. The summed E-state index contributed by atoms with van der Waals surface area (Å²) >= 11 is 0. The Morgan fingerprint density at radius 2 is 1.58 bits per heavy atom. The van der Waals surface area contributed by atoms with Gasteiger partial charge in [-0.25, -0.2) is 0 Å². The topological polar surface area (TPSA) is 77.0 Å². The molecule has 0 saturated heterocycles. The molecule has 1 atom stereocenters. The van der Waals surface area contributed by atoms with Crippen LogP contribution in [-0.4, -0.2) is 31.2 Å². The van der Waals surface area contributed by atoms with E-state index in [1.807, 2.05) is 19.1 Å². The van der Waals surface area contributed by atoms with E-state index in [1.54, 1.807) is 31.4 Å². The quantitative estimate of drug-likeness (QED) is 0.155. The van der Waals surface area contributed by atoms with Gasteiger partial charge < -0.3 is 24.6 Å². The molecule has 0 radical (unpaired) electrons. The standard InChI is InChI=1S/C37H39NO5/c1-3-42-36(41-2)43-33-19-27(37-20-23-15-24(21-37)17-25(16-23)22-37)18-32(31-10-6-8-26-7-4-5-9-30(26)31)34(33)35(40)38-28-11-13-29(39)14-12-28/h4-14,18-19,23-25,36,39H,3,15-17,20-22H2,1-2H3,(H,38,40). The molecule has 4 aliphatic rings. The zero-order chi connectivity index (χ0) is 29.6. The van der Waals surface area contributed by atoms with Gasteiger partial charge in [-0.15, -0.1) is 0 Å². The van der Waals surface area contributed by atoms with Crippen LogP contribution < -0.4 is 10.1 Å². The van der Waals surface area contributed by atoms with Gasteiger partial charge in [0.2, 0.25) is 0 Å². The van der Waals surface area contributed by atoms with Crippen LogP contribution in [0.1, 0.15) is 61.4 Å². The van der Waals surface area contributed by atoms with Gasteiger partial charge >= 0.3 is 6.48 Å². The third-order valence-electron chi connectivity index (χ3n) is 9.90. The SMILES string of the molecule is CCOC(OC)Oc1cc(C23CC4CC(CC(C4)C2)C3)cc(-c2cccc3ccccc23)c1C(=O)Nc1ccc(O)cc1. The van der Waals surface area contributed by atoms with Gasteiger partial charge in [-0.2, -0.15) is 0 Å². The minimum absolute atomic E-state index is 0.0757. The predicted molar refractivity (Wildman–Crippen MR) is 168 cm³/mol. The average molecular weight is 578 g/mol. The fraction of sp³-hybridized carbons (Fsp3) is 0.378. The number of nitrogens with one attached hydrogen (secondary N) is 1. The van der Waals surface area contributed by atoms with Crippen LogP contribution in [0.5, 0.6) is 11.5 Å². The fourth-order valence-electron chi connectivity index (χ4n) is 8.51. The summed E-state index contributed by atoms with van der Waals surface area (Å²) < 4.78 is 17.8. The lowest BCUT2D eigenvalue weighted by Crippen LogP contribution is -2.48. The summed E-state index contributed by atoms with van der Waals surface area (Å²) in [4.78, 5) is 14.3. The Labute approximate surface area is 253 Å². The number of anilines is 1. The number of phenolic OH excluding ortho intramolecular Hbond substituents is 1. The molecule has 0 aromatic heterocycles. The second-order valence-corrected chi connectivity index (χ2v) is 12.7. The number of methoxy groups -OCH3 is 1. The lowest BCUT2D eigenvalue weighted by molar-refractivity contribution is -0.231. The highest BCUT2D eigenvalue weighted by molar-refractivity contribution is 6.13. The maximum absolute atomic E-state index is 14.3. The van der Waals surface area contributed by atoms with E-state index in [-0.39, 0.29) is 17.1 Å². The van der Waals surface area contributed by atoms with Crippen LogP contribution in [0.3, 0.4) is 0 Å². The van der Waals surface area contributed by atoms with Crippen LogP contribution in [-0.2, 0) is 14.9 Å². The number of phenols is 1. The van der Waals surface area contributed by atoms with E-state index in [0.717, 1.165) is 39.7 Å². The molecule has 6 heteroatoms. The first-order valence-electron chi connectivity index (χ1n) is 15.5. The molecule has 4 bridgehead atoms. The number of benzene rings is 4. The Hall–Kier alpha value is -3.87. The van der Waals surface area contributed by atoms with Crippen LogP contribution in [0.15, 0.2) is 78.9 Å². The van der Waals surface area contributed by atoms with E-state index >= 15 is 0 Å². The molecule has 4 aromatic carbocycles. The van der Waals surface area contributed by atoms with Crippen molar-refractivity contribution in [1.82, 2.24) is 0 Å². The van der Waals surface area contributed by atoms with Gasteiger partial charge in [0.05, 0.1) is 12.2 Å². The number of carbonyl (C=O) groups excluding carboxylic acids is 1. The molecule has 4 saturated carbocycles. The molecular weight excluding hydrogens is 538 g/mol. The highest BCUT2D eigenvalue weighted by atomic mass is 16.8. The third-order valence-corrected chi connectivity index (χ3v) is 9.90. The first-order valence-corrected chi connectivity index (χ1v) is 15.5. The minimum Gasteiger partial charge on any atom is -0.508 e. The van der Waals surface area contributed by atoms with Crippen LogP contribution in [0.2, 0.25) is 0 Å². The van der Waals surface area contributed by atoms with Crippen molar-refractivity contribution in [3.05, 3.63) is 90.0 Å². The molecule has 4 aliphatic carbocycles. The summed E-state index contributed by atoms with van der Waals surface area (Å²) in [6.45, 7) is 1.33. The van der Waals surface area contributed by atoms with Gasteiger partial charge in [0, 0.05) is 12.8 Å². The van der Waals surface area contributed by atoms with Gasteiger partial charge in [0.1, 0.15) is 11.5 Å². The van der Waals surface area contributed by atoms with Gasteiger partial charge in [0.15, 0.2) is 0 Å². The second kappa shape index (κ2) is 11.3. The smallest absolute Gasteiger partial charge is 0.315 e. The molecule has 43 heavy (non-hydrogen) atoms. The number of ether oxygens (including phenoxy) is 3. The van der Waals surface area contributed by atoms with Gasteiger partial charge in [-0.1, -0.05) is 42.5 Å². The molecule has 4 fully saturated rings.